The molecule has 5 heteroatoms. The minimum atomic E-state index is 0.615. The standard InChI is InChI=1S/C16H18N4S/c1-20-10-14(9-18-15-6-7-21-11-15)16(19-20)13-4-2-12(8-17)3-5-13/h2-5,10,15,18H,6-7,9,11H2,1H3. The van der Waals surface area contributed by atoms with E-state index in [2.05, 4.69) is 22.7 Å². The number of hydrogen-bond acceptors (Lipinski definition) is 4. The molecule has 1 aromatic carbocycles. The average molecular weight is 298 g/mol. The average Bonchev–Trinajstić information content (AvgIpc) is 3.14. The van der Waals surface area contributed by atoms with Crippen molar-refractivity contribution in [2.75, 3.05) is 11.5 Å². The van der Waals surface area contributed by atoms with Crippen LogP contribution in [-0.4, -0.2) is 27.3 Å². The molecular formula is C16H18N4S. The van der Waals surface area contributed by atoms with E-state index in [1.54, 1.807) is 0 Å². The topological polar surface area (TPSA) is 53.6 Å². The van der Waals surface area contributed by atoms with E-state index in [0.29, 0.717) is 11.6 Å². The summed E-state index contributed by atoms with van der Waals surface area (Å²) in [5.74, 6) is 2.46. The number of nitriles is 1. The Morgan fingerprint density at radius 1 is 1.43 bits per heavy atom. The normalized spacial score (nSPS) is 17.8. The lowest BCUT2D eigenvalue weighted by atomic mass is 10.1. The zero-order chi connectivity index (χ0) is 14.7. The first-order valence-electron chi connectivity index (χ1n) is 7.10. The second-order valence-electron chi connectivity index (χ2n) is 5.31. The van der Waals surface area contributed by atoms with Crippen LogP contribution in [0.2, 0.25) is 0 Å². The molecule has 1 saturated heterocycles. The molecule has 2 heterocycles. The molecule has 4 nitrogen and oxygen atoms in total. The van der Waals surface area contributed by atoms with Crippen molar-refractivity contribution in [3.63, 3.8) is 0 Å². The monoisotopic (exact) mass is 298 g/mol. The summed E-state index contributed by atoms with van der Waals surface area (Å²) in [7, 11) is 1.95. The fourth-order valence-electron chi connectivity index (χ4n) is 2.56. The number of thioether (sulfide) groups is 1. The van der Waals surface area contributed by atoms with E-state index in [9.17, 15) is 0 Å². The van der Waals surface area contributed by atoms with Gasteiger partial charge in [-0.1, -0.05) is 12.1 Å². The van der Waals surface area contributed by atoms with Crippen molar-refractivity contribution in [2.24, 2.45) is 7.05 Å². The maximum atomic E-state index is 8.88. The van der Waals surface area contributed by atoms with E-state index in [1.165, 1.54) is 23.5 Å². The third kappa shape index (κ3) is 3.29. The summed E-state index contributed by atoms with van der Waals surface area (Å²) >= 11 is 2.01. The van der Waals surface area contributed by atoms with Gasteiger partial charge in [0.25, 0.3) is 0 Å². The largest absolute Gasteiger partial charge is 0.309 e. The van der Waals surface area contributed by atoms with Crippen LogP contribution in [0, 0.1) is 11.3 Å². The van der Waals surface area contributed by atoms with Gasteiger partial charge in [-0.05, 0) is 24.3 Å². The second-order valence-corrected chi connectivity index (χ2v) is 6.46. The number of nitrogens with one attached hydrogen (secondary N) is 1. The van der Waals surface area contributed by atoms with Crippen molar-refractivity contribution >= 4 is 11.8 Å². The zero-order valence-corrected chi connectivity index (χ0v) is 12.9. The van der Waals surface area contributed by atoms with E-state index < -0.39 is 0 Å². The SMILES string of the molecule is Cn1cc(CNC2CCSC2)c(-c2ccc(C#N)cc2)n1. The first kappa shape index (κ1) is 14.2. The zero-order valence-electron chi connectivity index (χ0n) is 12.0. The third-order valence-electron chi connectivity index (χ3n) is 3.70. The molecule has 0 bridgehead atoms. The number of hydrogen-bond donors (Lipinski definition) is 1. The fourth-order valence-corrected chi connectivity index (χ4v) is 3.75. The van der Waals surface area contributed by atoms with Gasteiger partial charge < -0.3 is 5.32 Å². The summed E-state index contributed by atoms with van der Waals surface area (Å²) in [5.41, 5.74) is 3.95. The van der Waals surface area contributed by atoms with Crippen LogP contribution in [0.1, 0.15) is 17.5 Å². The maximum Gasteiger partial charge on any atom is 0.0991 e. The first-order chi connectivity index (χ1) is 10.3. The van der Waals surface area contributed by atoms with Crippen molar-refractivity contribution in [2.45, 2.75) is 19.0 Å². The number of rotatable bonds is 4. The number of aryl methyl sites for hydroxylation is 1. The molecule has 0 radical (unpaired) electrons. The summed E-state index contributed by atoms with van der Waals surface area (Å²) < 4.78 is 1.86. The van der Waals surface area contributed by atoms with Crippen molar-refractivity contribution in [3.05, 3.63) is 41.6 Å². The van der Waals surface area contributed by atoms with Crippen LogP contribution in [0.3, 0.4) is 0 Å². The molecule has 1 aliphatic heterocycles. The summed E-state index contributed by atoms with van der Waals surface area (Å²) in [4.78, 5) is 0. The van der Waals surface area contributed by atoms with Gasteiger partial charge in [0.2, 0.25) is 0 Å². The molecule has 3 rings (SSSR count). The van der Waals surface area contributed by atoms with Crippen molar-refractivity contribution in [3.8, 4) is 17.3 Å². The Balaban J connectivity index is 1.79. The fraction of sp³-hybridized carbons (Fsp3) is 0.375. The predicted octanol–water partition coefficient (Wildman–Crippen LogP) is 2.55. The van der Waals surface area contributed by atoms with Crippen LogP contribution in [0.15, 0.2) is 30.5 Å². The van der Waals surface area contributed by atoms with Crippen LogP contribution >= 0.6 is 11.8 Å². The molecule has 1 N–H and O–H groups in total. The van der Waals surface area contributed by atoms with Gasteiger partial charge in [-0.25, -0.2) is 0 Å². The van der Waals surface area contributed by atoms with E-state index in [0.717, 1.165) is 17.8 Å². The van der Waals surface area contributed by atoms with E-state index in [4.69, 9.17) is 5.26 Å². The maximum absolute atomic E-state index is 8.88. The highest BCUT2D eigenvalue weighted by molar-refractivity contribution is 7.99. The van der Waals surface area contributed by atoms with Gasteiger partial charge in [-0.3, -0.25) is 4.68 Å². The van der Waals surface area contributed by atoms with Crippen LogP contribution in [0.5, 0.6) is 0 Å². The van der Waals surface area contributed by atoms with Crippen LogP contribution in [-0.2, 0) is 13.6 Å². The lowest BCUT2D eigenvalue weighted by molar-refractivity contribution is 0.558. The van der Waals surface area contributed by atoms with E-state index >= 15 is 0 Å². The number of benzene rings is 1. The Bertz CT molecular complexity index is 648. The molecule has 0 aliphatic carbocycles. The number of nitrogens with zero attached hydrogens (tertiary/aromatic N) is 3. The summed E-state index contributed by atoms with van der Waals surface area (Å²) in [6, 6.07) is 10.4. The molecule has 1 fully saturated rings. The minimum absolute atomic E-state index is 0.615. The Hall–Kier alpha value is -1.77. The van der Waals surface area contributed by atoms with Crippen LogP contribution < -0.4 is 5.32 Å². The highest BCUT2D eigenvalue weighted by Crippen LogP contribution is 2.23. The Morgan fingerprint density at radius 3 is 2.90 bits per heavy atom. The van der Waals surface area contributed by atoms with Gasteiger partial charge in [0.1, 0.15) is 0 Å². The Labute approximate surface area is 129 Å². The van der Waals surface area contributed by atoms with Crippen LogP contribution in [0.4, 0.5) is 0 Å². The molecule has 108 valence electrons. The Kier molecular flexibility index (Phi) is 4.28. The molecule has 21 heavy (non-hydrogen) atoms. The van der Waals surface area contributed by atoms with Crippen molar-refractivity contribution in [1.82, 2.24) is 15.1 Å². The minimum Gasteiger partial charge on any atom is -0.309 e. The lowest BCUT2D eigenvalue weighted by Crippen LogP contribution is -2.28. The van der Waals surface area contributed by atoms with Crippen molar-refractivity contribution < 1.29 is 0 Å². The molecular weight excluding hydrogens is 280 g/mol. The van der Waals surface area contributed by atoms with Crippen molar-refractivity contribution in [1.29, 1.82) is 5.26 Å². The molecule has 1 atom stereocenters. The molecule has 0 saturated carbocycles. The summed E-state index contributed by atoms with van der Waals surface area (Å²) in [6.45, 7) is 0.842. The van der Waals surface area contributed by atoms with E-state index in [1.807, 2.05) is 47.8 Å². The highest BCUT2D eigenvalue weighted by atomic mass is 32.2. The smallest absolute Gasteiger partial charge is 0.0991 e. The first-order valence-corrected chi connectivity index (χ1v) is 8.26. The van der Waals surface area contributed by atoms with Gasteiger partial charge in [0.15, 0.2) is 0 Å². The van der Waals surface area contributed by atoms with Gasteiger partial charge in [0.05, 0.1) is 17.3 Å². The molecule has 2 aromatic rings. The highest BCUT2D eigenvalue weighted by Gasteiger charge is 2.16. The quantitative estimate of drug-likeness (QED) is 0.942. The van der Waals surface area contributed by atoms with Gasteiger partial charge in [-0.15, -0.1) is 0 Å². The van der Waals surface area contributed by atoms with Gasteiger partial charge in [0, 0.05) is 42.7 Å². The van der Waals surface area contributed by atoms with Gasteiger partial charge >= 0.3 is 0 Å². The number of aromatic nitrogens is 2. The van der Waals surface area contributed by atoms with Gasteiger partial charge in [-0.2, -0.15) is 22.1 Å². The second kappa shape index (κ2) is 6.33. The lowest BCUT2D eigenvalue weighted by Gasteiger charge is -2.10. The molecule has 1 aromatic heterocycles. The molecule has 0 amide bonds. The summed E-state index contributed by atoms with van der Waals surface area (Å²) in [5, 5.41) is 17.1. The molecule has 1 unspecified atom stereocenters. The molecule has 0 spiro atoms. The Morgan fingerprint density at radius 2 is 2.24 bits per heavy atom. The predicted molar refractivity (Wildman–Crippen MR) is 85.9 cm³/mol. The van der Waals surface area contributed by atoms with Crippen LogP contribution in [0.25, 0.3) is 11.3 Å². The summed E-state index contributed by atoms with van der Waals surface area (Å²) in [6.07, 6.45) is 3.32. The van der Waals surface area contributed by atoms with E-state index in [-0.39, 0.29) is 0 Å². The molecule has 1 aliphatic rings. The third-order valence-corrected chi connectivity index (χ3v) is 4.87.